The zero-order valence-corrected chi connectivity index (χ0v) is 17.9. The van der Waals surface area contributed by atoms with Gasteiger partial charge in [0.05, 0.1) is 14.2 Å². The second-order valence-corrected chi connectivity index (χ2v) is 7.30. The summed E-state index contributed by atoms with van der Waals surface area (Å²) in [5, 5.41) is 4.72. The van der Waals surface area contributed by atoms with Crippen molar-refractivity contribution in [1.82, 2.24) is 5.32 Å². The molecule has 0 saturated heterocycles. The fourth-order valence-electron chi connectivity index (χ4n) is 2.81. The Hall–Kier alpha value is -2.40. The molecule has 0 unspecified atom stereocenters. The smallest absolute Gasteiger partial charge is 0.163 e. The first-order valence-electron chi connectivity index (χ1n) is 9.16. The minimum atomic E-state index is 0.402. The molecular formula is C23H23Cl2NO3. The summed E-state index contributed by atoms with van der Waals surface area (Å²) in [5.41, 5.74) is 3.12. The maximum Gasteiger partial charge on any atom is 0.163 e. The Balaban J connectivity index is 1.61. The molecule has 0 radical (unpaired) electrons. The van der Waals surface area contributed by atoms with Crippen LogP contribution in [0.1, 0.15) is 16.7 Å². The number of methoxy groups -OCH3 is 2. The van der Waals surface area contributed by atoms with E-state index in [0.717, 1.165) is 29.0 Å². The molecule has 0 spiro atoms. The third kappa shape index (κ3) is 6.04. The number of hydrogen-bond donors (Lipinski definition) is 1. The predicted molar refractivity (Wildman–Crippen MR) is 117 cm³/mol. The summed E-state index contributed by atoms with van der Waals surface area (Å²) in [6, 6.07) is 19.2. The van der Waals surface area contributed by atoms with Gasteiger partial charge in [-0.1, -0.05) is 47.5 Å². The summed E-state index contributed by atoms with van der Waals surface area (Å²) in [7, 11) is 3.28. The Bertz CT molecular complexity index is 928. The van der Waals surface area contributed by atoms with Crippen molar-refractivity contribution >= 4 is 23.2 Å². The Morgan fingerprint density at radius 2 is 1.45 bits per heavy atom. The fraction of sp³-hybridized carbons (Fsp3) is 0.217. The summed E-state index contributed by atoms with van der Waals surface area (Å²) in [6.45, 7) is 1.73. The molecule has 3 rings (SSSR count). The quantitative estimate of drug-likeness (QED) is 0.459. The lowest BCUT2D eigenvalue weighted by atomic mass is 10.1. The van der Waals surface area contributed by atoms with Gasteiger partial charge in [0.2, 0.25) is 0 Å². The van der Waals surface area contributed by atoms with Crippen molar-refractivity contribution in [3.8, 4) is 17.2 Å². The van der Waals surface area contributed by atoms with Gasteiger partial charge in [-0.25, -0.2) is 0 Å². The molecule has 3 aromatic rings. The summed E-state index contributed by atoms with van der Waals surface area (Å²) in [6.07, 6.45) is 0. The van der Waals surface area contributed by atoms with Gasteiger partial charge < -0.3 is 19.5 Å². The molecular weight excluding hydrogens is 409 g/mol. The molecule has 0 aromatic heterocycles. The highest BCUT2D eigenvalue weighted by Gasteiger charge is 2.11. The van der Waals surface area contributed by atoms with Crippen molar-refractivity contribution in [2.75, 3.05) is 14.2 Å². The molecule has 0 bridgehead atoms. The van der Waals surface area contributed by atoms with Crippen LogP contribution in [0.2, 0.25) is 10.0 Å². The molecule has 0 atom stereocenters. The lowest BCUT2D eigenvalue weighted by Crippen LogP contribution is -2.13. The van der Waals surface area contributed by atoms with Crippen LogP contribution < -0.4 is 19.5 Å². The van der Waals surface area contributed by atoms with Crippen LogP contribution in [0.5, 0.6) is 17.2 Å². The van der Waals surface area contributed by atoms with Gasteiger partial charge in [0, 0.05) is 29.2 Å². The van der Waals surface area contributed by atoms with Crippen LogP contribution >= 0.6 is 23.2 Å². The lowest BCUT2D eigenvalue weighted by molar-refractivity contribution is 0.284. The van der Waals surface area contributed by atoms with Crippen LogP contribution in [0.25, 0.3) is 0 Å². The van der Waals surface area contributed by atoms with Crippen molar-refractivity contribution in [1.29, 1.82) is 0 Å². The first-order valence-corrected chi connectivity index (χ1v) is 9.92. The maximum atomic E-state index is 6.47. The molecule has 0 heterocycles. The van der Waals surface area contributed by atoms with Crippen LogP contribution in [-0.2, 0) is 19.7 Å². The zero-order valence-electron chi connectivity index (χ0n) is 16.4. The van der Waals surface area contributed by atoms with Crippen molar-refractivity contribution in [3.05, 3.63) is 87.4 Å². The summed E-state index contributed by atoms with van der Waals surface area (Å²) in [4.78, 5) is 0. The fourth-order valence-corrected chi connectivity index (χ4v) is 3.16. The number of nitrogens with one attached hydrogen (secondary N) is 1. The van der Waals surface area contributed by atoms with Crippen molar-refractivity contribution in [3.63, 3.8) is 0 Å². The van der Waals surface area contributed by atoms with E-state index in [4.69, 9.17) is 37.4 Å². The number of rotatable bonds is 9. The van der Waals surface area contributed by atoms with E-state index >= 15 is 0 Å². The molecule has 152 valence electrons. The molecule has 1 N–H and O–H groups in total. The zero-order chi connectivity index (χ0) is 20.6. The van der Waals surface area contributed by atoms with Crippen molar-refractivity contribution in [2.24, 2.45) is 0 Å². The molecule has 29 heavy (non-hydrogen) atoms. The van der Waals surface area contributed by atoms with E-state index in [1.807, 2.05) is 54.6 Å². The highest BCUT2D eigenvalue weighted by molar-refractivity contribution is 6.31. The third-order valence-electron chi connectivity index (χ3n) is 4.44. The topological polar surface area (TPSA) is 39.7 Å². The Morgan fingerprint density at radius 3 is 2.10 bits per heavy atom. The average molecular weight is 432 g/mol. The van der Waals surface area contributed by atoms with Gasteiger partial charge in [0.15, 0.2) is 11.5 Å². The van der Waals surface area contributed by atoms with Crippen LogP contribution in [0.4, 0.5) is 0 Å². The van der Waals surface area contributed by atoms with Crippen molar-refractivity contribution in [2.45, 2.75) is 19.7 Å². The lowest BCUT2D eigenvalue weighted by Gasteiger charge is -2.14. The highest BCUT2D eigenvalue weighted by Crippen LogP contribution is 2.34. The Morgan fingerprint density at radius 1 is 0.759 bits per heavy atom. The third-order valence-corrected chi connectivity index (χ3v) is 5.05. The van der Waals surface area contributed by atoms with E-state index in [9.17, 15) is 0 Å². The molecule has 0 fully saturated rings. The number of benzene rings is 3. The normalized spacial score (nSPS) is 10.6. The SMILES string of the molecule is COc1ccc(CNCc2cc(OC)c(OCc3ccc(Cl)cc3)cc2Cl)cc1. The molecule has 0 amide bonds. The standard InChI is InChI=1S/C23H23Cl2NO3/c1-27-20-9-5-16(6-10-20)13-26-14-18-11-22(28-2)23(12-21(18)25)29-15-17-3-7-19(24)8-4-17/h3-12,26H,13-15H2,1-2H3. The second kappa shape index (κ2) is 10.4. The molecule has 0 aliphatic carbocycles. The predicted octanol–water partition coefficient (Wildman–Crippen LogP) is 5.88. The average Bonchev–Trinajstić information content (AvgIpc) is 2.75. The van der Waals surface area contributed by atoms with Gasteiger partial charge in [-0.2, -0.15) is 0 Å². The van der Waals surface area contributed by atoms with E-state index in [1.54, 1.807) is 20.3 Å². The van der Waals surface area contributed by atoms with Gasteiger partial charge >= 0.3 is 0 Å². The first-order chi connectivity index (χ1) is 14.1. The summed E-state index contributed by atoms with van der Waals surface area (Å²) >= 11 is 12.4. The molecule has 6 heteroatoms. The maximum absolute atomic E-state index is 6.47. The molecule has 4 nitrogen and oxygen atoms in total. The Kier molecular flexibility index (Phi) is 7.64. The largest absolute Gasteiger partial charge is 0.497 e. The number of hydrogen-bond acceptors (Lipinski definition) is 4. The van der Waals surface area contributed by atoms with Gasteiger partial charge in [0.25, 0.3) is 0 Å². The molecule has 0 aliphatic heterocycles. The van der Waals surface area contributed by atoms with E-state index < -0.39 is 0 Å². The number of ether oxygens (including phenoxy) is 3. The van der Waals surface area contributed by atoms with Crippen LogP contribution in [-0.4, -0.2) is 14.2 Å². The highest BCUT2D eigenvalue weighted by atomic mass is 35.5. The minimum absolute atomic E-state index is 0.402. The van der Waals surface area contributed by atoms with E-state index in [0.29, 0.717) is 34.7 Å². The molecule has 0 saturated carbocycles. The van der Waals surface area contributed by atoms with Crippen molar-refractivity contribution < 1.29 is 14.2 Å². The van der Waals surface area contributed by atoms with E-state index in [2.05, 4.69) is 5.32 Å². The molecule has 0 aliphatic rings. The van der Waals surface area contributed by atoms with Crippen LogP contribution in [0.3, 0.4) is 0 Å². The second-order valence-electron chi connectivity index (χ2n) is 6.46. The summed E-state index contributed by atoms with van der Waals surface area (Å²) < 4.78 is 16.6. The van der Waals surface area contributed by atoms with Gasteiger partial charge in [0.1, 0.15) is 12.4 Å². The van der Waals surface area contributed by atoms with E-state index in [-0.39, 0.29) is 0 Å². The van der Waals surface area contributed by atoms with Gasteiger partial charge in [-0.15, -0.1) is 0 Å². The minimum Gasteiger partial charge on any atom is -0.497 e. The van der Waals surface area contributed by atoms with Crippen LogP contribution in [0.15, 0.2) is 60.7 Å². The van der Waals surface area contributed by atoms with E-state index in [1.165, 1.54) is 0 Å². The Labute approximate surface area is 181 Å². The monoisotopic (exact) mass is 431 g/mol. The van der Waals surface area contributed by atoms with Gasteiger partial charge in [-0.3, -0.25) is 0 Å². The first kappa shape index (κ1) is 21.3. The number of halogens is 2. The van der Waals surface area contributed by atoms with Crippen LogP contribution in [0, 0.1) is 0 Å². The molecule has 3 aromatic carbocycles. The summed E-state index contributed by atoms with van der Waals surface area (Å²) in [5.74, 6) is 2.09. The van der Waals surface area contributed by atoms with Gasteiger partial charge in [-0.05, 0) is 47.0 Å².